The number of methoxy groups -OCH3 is 1. The zero-order chi connectivity index (χ0) is 30.6. The van der Waals surface area contributed by atoms with Gasteiger partial charge in [0.1, 0.15) is 0 Å². The number of carbonyl (C=O) groups excluding carboxylic acids is 2. The van der Waals surface area contributed by atoms with E-state index in [2.05, 4.69) is 88.2 Å². The van der Waals surface area contributed by atoms with E-state index in [1.165, 1.54) is 38.4 Å². The van der Waals surface area contributed by atoms with Crippen LogP contribution in [0.3, 0.4) is 0 Å². The molecule has 2 aliphatic rings. The predicted octanol–water partition coefficient (Wildman–Crippen LogP) is 8.85. The van der Waals surface area contributed by atoms with Gasteiger partial charge in [0, 0.05) is 24.3 Å². The molecule has 0 saturated heterocycles. The Balaban J connectivity index is 1.76. The van der Waals surface area contributed by atoms with Crippen molar-refractivity contribution in [2.75, 3.05) is 12.9 Å². The van der Waals surface area contributed by atoms with Crippen LogP contribution in [0.2, 0.25) is 18.1 Å². The quantitative estimate of drug-likeness (QED) is 0.0561. The molecule has 1 aromatic rings. The van der Waals surface area contributed by atoms with Crippen molar-refractivity contribution >= 4 is 31.8 Å². The van der Waals surface area contributed by atoms with Gasteiger partial charge in [-0.2, -0.15) is 0 Å². The molecule has 0 spiro atoms. The summed E-state index contributed by atoms with van der Waals surface area (Å²) < 4.78 is 11.7. The van der Waals surface area contributed by atoms with Gasteiger partial charge < -0.3 is 9.16 Å². The lowest BCUT2D eigenvalue weighted by Gasteiger charge is -2.40. The van der Waals surface area contributed by atoms with Gasteiger partial charge in [0.2, 0.25) is 0 Å². The highest BCUT2D eigenvalue weighted by molar-refractivity contribution is 8.04. The van der Waals surface area contributed by atoms with E-state index in [1.807, 2.05) is 6.07 Å². The zero-order valence-electron chi connectivity index (χ0n) is 26.5. The molecule has 0 bridgehead atoms. The first kappa shape index (κ1) is 34.2. The van der Waals surface area contributed by atoms with Gasteiger partial charge in [-0.05, 0) is 73.5 Å². The summed E-state index contributed by atoms with van der Waals surface area (Å²) >= 11 is 1.66. The Kier molecular flexibility index (Phi) is 13.4. The molecule has 0 amide bonds. The number of Topliss-reactive ketones (excluding diaryl/α,β-unsaturated/α-hetero) is 1. The van der Waals surface area contributed by atoms with E-state index in [0.29, 0.717) is 25.2 Å². The van der Waals surface area contributed by atoms with Crippen molar-refractivity contribution < 1.29 is 18.8 Å². The normalized spacial score (nSPS) is 19.7. The van der Waals surface area contributed by atoms with Crippen molar-refractivity contribution in [2.24, 2.45) is 11.8 Å². The average Bonchev–Trinajstić information content (AvgIpc) is 3.59. The molecule has 2 aliphatic carbocycles. The molecule has 6 heteroatoms. The molecule has 0 aliphatic heterocycles. The second kappa shape index (κ2) is 16.5. The minimum Gasteiger partial charge on any atom is -0.469 e. The zero-order valence-corrected chi connectivity index (χ0v) is 28.4. The number of rotatable bonds is 13. The predicted molar refractivity (Wildman–Crippen MR) is 179 cm³/mol. The fourth-order valence-electron chi connectivity index (χ4n) is 5.11. The van der Waals surface area contributed by atoms with Gasteiger partial charge in [0.25, 0.3) is 0 Å². The number of benzene rings is 1. The maximum Gasteiger partial charge on any atom is 0.305 e. The topological polar surface area (TPSA) is 52.6 Å². The third kappa shape index (κ3) is 10.4. The van der Waals surface area contributed by atoms with E-state index in [-0.39, 0.29) is 28.8 Å². The van der Waals surface area contributed by atoms with Crippen molar-refractivity contribution in [1.29, 1.82) is 0 Å². The maximum atomic E-state index is 13.5. The Morgan fingerprint density at radius 2 is 1.86 bits per heavy atom. The lowest BCUT2D eigenvalue weighted by Crippen LogP contribution is -2.45. The van der Waals surface area contributed by atoms with Crippen LogP contribution < -0.4 is 0 Å². The number of thioether (sulfide) groups is 1. The molecular formula is C36H50O4SSi. The summed E-state index contributed by atoms with van der Waals surface area (Å²) in [7, 11) is -0.559. The van der Waals surface area contributed by atoms with Crippen LogP contribution in [0.25, 0.3) is 0 Å². The molecule has 0 radical (unpaired) electrons. The van der Waals surface area contributed by atoms with Crippen molar-refractivity contribution in [3.8, 4) is 11.8 Å². The van der Waals surface area contributed by atoms with E-state index in [0.717, 1.165) is 29.1 Å². The highest BCUT2D eigenvalue weighted by Gasteiger charge is 2.40. The van der Waals surface area contributed by atoms with Crippen LogP contribution in [-0.4, -0.2) is 39.0 Å². The van der Waals surface area contributed by atoms with Gasteiger partial charge in [-0.25, -0.2) is 0 Å². The van der Waals surface area contributed by atoms with Crippen molar-refractivity contribution in [1.82, 2.24) is 0 Å². The second-order valence-corrected chi connectivity index (χ2v) is 18.8. The number of ether oxygens (including phenoxy) is 1. The number of allylic oxidation sites excluding steroid dienone is 5. The molecule has 3 rings (SSSR count). The molecule has 42 heavy (non-hydrogen) atoms. The molecule has 0 aromatic heterocycles. The van der Waals surface area contributed by atoms with Crippen LogP contribution in [0.15, 0.2) is 65.1 Å². The Morgan fingerprint density at radius 3 is 2.52 bits per heavy atom. The third-order valence-electron chi connectivity index (χ3n) is 8.74. The van der Waals surface area contributed by atoms with Crippen LogP contribution >= 0.6 is 11.8 Å². The number of hydrogen-bond acceptors (Lipinski definition) is 5. The maximum absolute atomic E-state index is 13.5. The van der Waals surface area contributed by atoms with Gasteiger partial charge in [0.15, 0.2) is 14.1 Å². The first-order valence-electron chi connectivity index (χ1n) is 15.6. The summed E-state index contributed by atoms with van der Waals surface area (Å²) in [6.07, 6.45) is 17.0. The Bertz CT molecular complexity index is 1190. The molecular weight excluding hydrogens is 557 g/mol. The fraction of sp³-hybridized carbons (Fsp3) is 0.556. The molecule has 2 atom stereocenters. The highest BCUT2D eigenvalue weighted by atomic mass is 32.2. The summed E-state index contributed by atoms with van der Waals surface area (Å²) in [4.78, 5) is 25.7. The first-order valence-corrected chi connectivity index (χ1v) is 19.5. The largest absolute Gasteiger partial charge is 0.469 e. The highest BCUT2D eigenvalue weighted by Crippen LogP contribution is 2.41. The minimum absolute atomic E-state index is 0.0742. The summed E-state index contributed by atoms with van der Waals surface area (Å²) in [5.74, 6) is 7.41. The van der Waals surface area contributed by atoms with Gasteiger partial charge in [-0.3, -0.25) is 9.59 Å². The number of hydrogen-bond donors (Lipinski definition) is 0. The van der Waals surface area contributed by atoms with E-state index in [1.54, 1.807) is 17.8 Å². The summed E-state index contributed by atoms with van der Waals surface area (Å²) in [5, 5.41) is 0.138. The fourth-order valence-corrected chi connectivity index (χ4v) is 7.41. The SMILES string of the molecule is COC(=O)CCCC#CC=C1C(=O)C(SCCCc2ccccc2)=CC1C=CC(O[Si](C)(C)C(C)(C)C)C1CCCC1. The van der Waals surface area contributed by atoms with Crippen molar-refractivity contribution in [3.05, 3.63) is 70.7 Å². The Labute approximate surface area is 259 Å². The van der Waals surface area contributed by atoms with Gasteiger partial charge in [-0.15, -0.1) is 11.8 Å². The molecule has 0 heterocycles. The van der Waals surface area contributed by atoms with E-state index < -0.39 is 8.32 Å². The standard InChI is InChI=1S/C36H50O4SSi/c1-36(2,3)42(5,6)40-32(29-20-14-15-21-29)25-24-30-27-33(41-26-16-19-28-17-10-9-11-18-28)35(38)31(30)22-12-7-8-13-23-34(37)39-4/h9-11,17-18,22,24-25,27,29-30,32H,8,13-16,19-21,23,26H2,1-6H3. The second-order valence-electron chi connectivity index (χ2n) is 12.9. The van der Waals surface area contributed by atoms with Crippen LogP contribution in [0.5, 0.6) is 0 Å². The van der Waals surface area contributed by atoms with Crippen LogP contribution in [0.1, 0.15) is 77.7 Å². The summed E-state index contributed by atoms with van der Waals surface area (Å²) in [5.41, 5.74) is 2.06. The molecule has 1 aromatic carbocycles. The van der Waals surface area contributed by atoms with Gasteiger partial charge in [-0.1, -0.05) is 94.0 Å². The molecule has 228 valence electrons. The van der Waals surface area contributed by atoms with Crippen LogP contribution in [-0.2, 0) is 25.2 Å². The van der Waals surface area contributed by atoms with Crippen molar-refractivity contribution in [2.45, 2.75) is 103 Å². The smallest absolute Gasteiger partial charge is 0.305 e. The Hall–Kier alpha value is -2.33. The molecule has 1 fully saturated rings. The molecule has 2 unspecified atom stereocenters. The lowest BCUT2D eigenvalue weighted by atomic mass is 9.96. The van der Waals surface area contributed by atoms with Crippen LogP contribution in [0.4, 0.5) is 0 Å². The monoisotopic (exact) mass is 606 g/mol. The number of esters is 1. The number of ketones is 1. The number of carbonyl (C=O) groups is 2. The molecule has 4 nitrogen and oxygen atoms in total. The Morgan fingerprint density at radius 1 is 1.14 bits per heavy atom. The van der Waals surface area contributed by atoms with E-state index >= 15 is 0 Å². The van der Waals surface area contributed by atoms with Crippen molar-refractivity contribution in [3.63, 3.8) is 0 Å². The van der Waals surface area contributed by atoms with Gasteiger partial charge >= 0.3 is 5.97 Å². The molecule has 0 N–H and O–H groups in total. The van der Waals surface area contributed by atoms with Gasteiger partial charge in [0.05, 0.1) is 18.1 Å². The first-order chi connectivity index (χ1) is 20.0. The summed E-state index contributed by atoms with van der Waals surface area (Å²) in [6.45, 7) is 11.5. The number of unbranched alkanes of at least 4 members (excludes halogenated alkanes) is 1. The van der Waals surface area contributed by atoms with E-state index in [9.17, 15) is 9.59 Å². The van der Waals surface area contributed by atoms with E-state index in [4.69, 9.17) is 9.16 Å². The summed E-state index contributed by atoms with van der Waals surface area (Å²) in [6, 6.07) is 10.5. The number of aryl methyl sites for hydroxylation is 1. The van der Waals surface area contributed by atoms with Crippen LogP contribution in [0, 0.1) is 23.7 Å². The third-order valence-corrected chi connectivity index (χ3v) is 14.3. The average molecular weight is 607 g/mol. The minimum atomic E-state index is -1.96. The lowest BCUT2D eigenvalue weighted by molar-refractivity contribution is -0.140. The molecule has 1 saturated carbocycles.